The molecule has 4 nitrogen and oxygen atoms in total. The Kier molecular flexibility index (Phi) is 3.98. The molecule has 0 aliphatic carbocycles. The Morgan fingerprint density at radius 3 is 2.68 bits per heavy atom. The standard InChI is InChI=1S/C17H13F3N2O2S/c18-13-5-2-6-14(8-13)25-21-10-11-3-1-4-12(7-11)15-9-16(24-22-15)17(19,20)23-16/h1-8,21H,9-10H2. The van der Waals surface area contributed by atoms with Gasteiger partial charge in [0.2, 0.25) is 0 Å². The van der Waals surface area contributed by atoms with Crippen LogP contribution in [-0.4, -0.2) is 17.6 Å². The van der Waals surface area contributed by atoms with Crippen LogP contribution in [0.5, 0.6) is 0 Å². The van der Waals surface area contributed by atoms with Gasteiger partial charge >= 0.3 is 11.9 Å². The third-order valence-electron chi connectivity index (χ3n) is 3.92. The second-order valence-corrected chi connectivity index (χ2v) is 6.72. The zero-order chi connectivity index (χ0) is 17.5. The zero-order valence-corrected chi connectivity index (χ0v) is 13.7. The Morgan fingerprint density at radius 1 is 1.16 bits per heavy atom. The fourth-order valence-corrected chi connectivity index (χ4v) is 3.28. The number of hydrogen-bond acceptors (Lipinski definition) is 5. The highest BCUT2D eigenvalue weighted by Gasteiger charge is 2.80. The highest BCUT2D eigenvalue weighted by molar-refractivity contribution is 7.97. The minimum Gasteiger partial charge on any atom is -0.350 e. The number of nitrogens with zero attached hydrogens (tertiary/aromatic N) is 1. The van der Waals surface area contributed by atoms with E-state index < -0.39 is 11.9 Å². The van der Waals surface area contributed by atoms with E-state index in [1.54, 1.807) is 18.2 Å². The van der Waals surface area contributed by atoms with Crippen LogP contribution in [0, 0.1) is 5.82 Å². The van der Waals surface area contributed by atoms with Crippen molar-refractivity contribution < 1.29 is 22.7 Å². The van der Waals surface area contributed by atoms with Crippen LogP contribution in [0.1, 0.15) is 17.5 Å². The van der Waals surface area contributed by atoms with Crippen molar-refractivity contribution in [2.24, 2.45) is 5.16 Å². The predicted octanol–water partition coefficient (Wildman–Crippen LogP) is 4.07. The topological polar surface area (TPSA) is 46.2 Å². The molecule has 25 heavy (non-hydrogen) atoms. The fraction of sp³-hybridized carbons (Fsp3) is 0.235. The fourth-order valence-electron chi connectivity index (χ4n) is 2.55. The Morgan fingerprint density at radius 2 is 1.96 bits per heavy atom. The summed E-state index contributed by atoms with van der Waals surface area (Å²) in [6.45, 7) is 0.515. The van der Waals surface area contributed by atoms with Gasteiger partial charge in [0, 0.05) is 11.4 Å². The van der Waals surface area contributed by atoms with E-state index in [1.807, 2.05) is 18.2 Å². The van der Waals surface area contributed by atoms with Crippen molar-refractivity contribution in [3.05, 3.63) is 65.5 Å². The maximum absolute atomic E-state index is 13.2. The number of benzene rings is 2. The Labute approximate surface area is 146 Å². The van der Waals surface area contributed by atoms with E-state index in [4.69, 9.17) is 4.84 Å². The van der Waals surface area contributed by atoms with Crippen LogP contribution in [0.25, 0.3) is 0 Å². The average Bonchev–Trinajstić information content (AvgIpc) is 2.91. The minimum atomic E-state index is -3.28. The highest BCUT2D eigenvalue weighted by Crippen LogP contribution is 2.56. The van der Waals surface area contributed by atoms with Crippen molar-refractivity contribution in [3.63, 3.8) is 0 Å². The van der Waals surface area contributed by atoms with Gasteiger partial charge in [-0.2, -0.15) is 8.78 Å². The maximum Gasteiger partial charge on any atom is 0.427 e. The van der Waals surface area contributed by atoms with Crippen molar-refractivity contribution >= 4 is 17.7 Å². The summed E-state index contributed by atoms with van der Waals surface area (Å²) >= 11 is 1.31. The van der Waals surface area contributed by atoms with Crippen LogP contribution < -0.4 is 4.72 Å². The lowest BCUT2D eigenvalue weighted by Crippen LogP contribution is -2.18. The summed E-state index contributed by atoms with van der Waals surface area (Å²) in [5.41, 5.74) is 2.07. The smallest absolute Gasteiger partial charge is 0.350 e. The predicted molar refractivity (Wildman–Crippen MR) is 86.5 cm³/mol. The lowest BCUT2D eigenvalue weighted by atomic mass is 10.0. The van der Waals surface area contributed by atoms with Gasteiger partial charge in [0.05, 0.1) is 12.1 Å². The average molecular weight is 366 g/mol. The van der Waals surface area contributed by atoms with E-state index >= 15 is 0 Å². The molecule has 0 saturated carbocycles. The molecular formula is C17H13F3N2O2S. The second kappa shape index (κ2) is 6.05. The van der Waals surface area contributed by atoms with E-state index in [-0.39, 0.29) is 12.2 Å². The third-order valence-corrected chi connectivity index (χ3v) is 4.70. The van der Waals surface area contributed by atoms with Gasteiger partial charge in [0.15, 0.2) is 0 Å². The van der Waals surface area contributed by atoms with E-state index in [2.05, 4.69) is 14.6 Å². The molecule has 1 unspecified atom stereocenters. The molecule has 2 aromatic rings. The van der Waals surface area contributed by atoms with Crippen molar-refractivity contribution in [2.45, 2.75) is 29.8 Å². The number of epoxide rings is 1. The van der Waals surface area contributed by atoms with Gasteiger partial charge in [-0.3, -0.25) is 9.46 Å². The number of oxime groups is 1. The van der Waals surface area contributed by atoms with Crippen LogP contribution in [0.2, 0.25) is 0 Å². The molecule has 4 rings (SSSR count). The van der Waals surface area contributed by atoms with Gasteiger partial charge in [-0.05, 0) is 47.3 Å². The summed E-state index contributed by atoms with van der Waals surface area (Å²) in [5, 5.41) is 3.74. The third kappa shape index (κ3) is 3.24. The summed E-state index contributed by atoms with van der Waals surface area (Å²) in [6.07, 6.45) is -3.37. The zero-order valence-electron chi connectivity index (χ0n) is 12.8. The number of rotatable bonds is 5. The molecule has 130 valence electrons. The molecule has 2 aromatic carbocycles. The molecule has 0 bridgehead atoms. The van der Waals surface area contributed by atoms with E-state index in [0.717, 1.165) is 10.5 Å². The largest absolute Gasteiger partial charge is 0.427 e. The van der Waals surface area contributed by atoms with E-state index in [0.29, 0.717) is 17.8 Å². The summed E-state index contributed by atoms with van der Waals surface area (Å²) in [5.74, 6) is -2.20. The Hall–Kier alpha value is -2.03. The van der Waals surface area contributed by atoms with Crippen molar-refractivity contribution in [2.75, 3.05) is 0 Å². The first-order chi connectivity index (χ1) is 12.0. The maximum atomic E-state index is 13.2. The number of nitrogens with one attached hydrogen (secondary N) is 1. The van der Waals surface area contributed by atoms with Crippen molar-refractivity contribution in [1.29, 1.82) is 0 Å². The molecule has 1 fully saturated rings. The minimum absolute atomic E-state index is 0.0884. The molecule has 2 aliphatic heterocycles. The van der Waals surface area contributed by atoms with Gasteiger partial charge in [-0.15, -0.1) is 0 Å². The first kappa shape index (κ1) is 16.4. The number of hydrogen-bond donors (Lipinski definition) is 1. The first-order valence-corrected chi connectivity index (χ1v) is 8.37. The highest BCUT2D eigenvalue weighted by atomic mass is 32.2. The van der Waals surface area contributed by atoms with Gasteiger partial charge in [-0.1, -0.05) is 29.4 Å². The Balaban J connectivity index is 1.37. The monoisotopic (exact) mass is 366 g/mol. The number of alkyl halides is 2. The molecule has 1 atom stereocenters. The lowest BCUT2D eigenvalue weighted by Gasteiger charge is -2.06. The first-order valence-electron chi connectivity index (χ1n) is 7.55. The van der Waals surface area contributed by atoms with Gasteiger partial charge in [-0.25, -0.2) is 4.39 Å². The van der Waals surface area contributed by atoms with Crippen molar-refractivity contribution in [1.82, 2.24) is 4.72 Å². The molecule has 8 heteroatoms. The van der Waals surface area contributed by atoms with Crippen molar-refractivity contribution in [3.8, 4) is 0 Å². The summed E-state index contributed by atoms with van der Waals surface area (Å²) in [6, 6.07) is 13.6. The quantitative estimate of drug-likeness (QED) is 0.640. The van der Waals surface area contributed by atoms with Crippen LogP contribution in [-0.2, 0) is 16.1 Å². The van der Waals surface area contributed by atoms with Crippen LogP contribution in [0.3, 0.4) is 0 Å². The van der Waals surface area contributed by atoms with Crippen LogP contribution in [0.15, 0.2) is 58.6 Å². The molecule has 1 N–H and O–H groups in total. The number of halogens is 3. The molecule has 0 amide bonds. The molecule has 1 saturated heterocycles. The molecule has 0 aromatic heterocycles. The molecule has 0 radical (unpaired) electrons. The van der Waals surface area contributed by atoms with Gasteiger partial charge in [0.1, 0.15) is 5.82 Å². The molecule has 2 heterocycles. The summed E-state index contributed by atoms with van der Waals surface area (Å²) in [7, 11) is 0. The molecule has 2 aliphatic rings. The molecular weight excluding hydrogens is 353 g/mol. The van der Waals surface area contributed by atoms with Gasteiger partial charge in [0.25, 0.3) is 0 Å². The normalized spacial score (nSPS) is 23.4. The SMILES string of the molecule is Fc1cccc(SNCc2cccc(C3=NOC4(C3)OC4(F)F)c2)c1. The van der Waals surface area contributed by atoms with Crippen LogP contribution >= 0.6 is 11.9 Å². The number of ether oxygens (including phenoxy) is 1. The summed E-state index contributed by atoms with van der Waals surface area (Å²) < 4.78 is 46.9. The summed E-state index contributed by atoms with van der Waals surface area (Å²) in [4.78, 5) is 5.55. The Bertz CT molecular complexity index is 846. The lowest BCUT2D eigenvalue weighted by molar-refractivity contribution is -0.0370. The van der Waals surface area contributed by atoms with E-state index in [1.165, 1.54) is 24.1 Å². The molecule has 1 spiro atoms. The van der Waals surface area contributed by atoms with Crippen LogP contribution in [0.4, 0.5) is 13.2 Å². The second-order valence-electron chi connectivity index (χ2n) is 5.76. The van der Waals surface area contributed by atoms with E-state index in [9.17, 15) is 13.2 Å². The van der Waals surface area contributed by atoms with Gasteiger partial charge < -0.3 is 4.84 Å².